The van der Waals surface area contributed by atoms with E-state index in [4.69, 9.17) is 17.0 Å². The van der Waals surface area contributed by atoms with Crippen molar-refractivity contribution in [2.45, 2.75) is 0 Å². The first-order valence-corrected chi connectivity index (χ1v) is 9.06. The van der Waals surface area contributed by atoms with Gasteiger partial charge in [0, 0.05) is 3.57 Å². The quantitative estimate of drug-likeness (QED) is 0.383. The number of thioether (sulfide) groups is 1. The van der Waals surface area contributed by atoms with Crippen molar-refractivity contribution >= 4 is 68.6 Å². The normalized spacial score (nSPS) is 16.3. The van der Waals surface area contributed by atoms with Crippen molar-refractivity contribution < 1.29 is 9.53 Å². The predicted molar refractivity (Wildman–Crippen MR) is 108 cm³/mol. The van der Waals surface area contributed by atoms with E-state index in [1.807, 2.05) is 54.6 Å². The molecular weight excluding hydrogens is 441 g/mol. The maximum Gasteiger partial charge on any atom is 0.270 e. The molecule has 2 aromatic carbocycles. The third-order valence-electron chi connectivity index (χ3n) is 3.29. The lowest BCUT2D eigenvalue weighted by molar-refractivity contribution is -0.113. The molecular formula is C17H12INO2S2. The number of halogens is 1. The lowest BCUT2D eigenvalue weighted by Gasteiger charge is -2.14. The van der Waals surface area contributed by atoms with Gasteiger partial charge in [-0.15, -0.1) is 0 Å². The zero-order valence-corrected chi connectivity index (χ0v) is 15.9. The monoisotopic (exact) mass is 453 g/mol. The molecule has 1 amide bonds. The molecule has 2 aromatic rings. The van der Waals surface area contributed by atoms with Crippen LogP contribution in [0.4, 0.5) is 5.69 Å². The van der Waals surface area contributed by atoms with E-state index in [1.54, 1.807) is 12.0 Å². The summed E-state index contributed by atoms with van der Waals surface area (Å²) in [5.74, 6) is 0.650. The molecule has 23 heavy (non-hydrogen) atoms. The molecule has 6 heteroatoms. The van der Waals surface area contributed by atoms with Crippen molar-refractivity contribution in [1.29, 1.82) is 0 Å². The third-order valence-corrected chi connectivity index (χ3v) is 5.31. The Kier molecular flexibility index (Phi) is 5.03. The maximum atomic E-state index is 12.7. The minimum absolute atomic E-state index is 0.0938. The Hall–Kier alpha value is -1.38. The number of rotatable bonds is 3. The highest BCUT2D eigenvalue weighted by atomic mass is 127. The molecule has 0 aromatic heterocycles. The van der Waals surface area contributed by atoms with E-state index in [9.17, 15) is 4.79 Å². The molecule has 1 saturated heterocycles. The van der Waals surface area contributed by atoms with Gasteiger partial charge in [0.05, 0.1) is 17.7 Å². The van der Waals surface area contributed by atoms with Crippen molar-refractivity contribution in [3.63, 3.8) is 0 Å². The second kappa shape index (κ2) is 7.02. The summed E-state index contributed by atoms with van der Waals surface area (Å²) in [4.78, 5) is 14.8. The average molecular weight is 453 g/mol. The van der Waals surface area contributed by atoms with Gasteiger partial charge in [0.15, 0.2) is 4.32 Å². The van der Waals surface area contributed by atoms with E-state index in [-0.39, 0.29) is 5.91 Å². The van der Waals surface area contributed by atoms with Gasteiger partial charge in [-0.25, -0.2) is 0 Å². The number of anilines is 1. The van der Waals surface area contributed by atoms with Gasteiger partial charge in [-0.2, -0.15) is 0 Å². The van der Waals surface area contributed by atoms with Crippen LogP contribution >= 0.6 is 46.6 Å². The van der Waals surface area contributed by atoms with Gasteiger partial charge in [-0.1, -0.05) is 36.1 Å². The number of carbonyl (C=O) groups is 1. The number of carbonyl (C=O) groups excluding carboxylic acids is 1. The first-order chi connectivity index (χ1) is 11.1. The van der Waals surface area contributed by atoms with Crippen LogP contribution in [0.3, 0.4) is 0 Å². The molecule has 1 heterocycles. The highest BCUT2D eigenvalue weighted by molar-refractivity contribution is 14.1. The van der Waals surface area contributed by atoms with Gasteiger partial charge < -0.3 is 4.74 Å². The van der Waals surface area contributed by atoms with Gasteiger partial charge in [-0.05, 0) is 70.6 Å². The standard InChI is InChI=1S/C17H12INO2S2/c1-21-14-8-6-13(7-9-14)19-16(20)15(23-17(19)22)10-11-2-4-12(18)5-3-11/h2-10H,1H3/b15-10-. The Morgan fingerprint density at radius 2 is 1.78 bits per heavy atom. The molecule has 0 bridgehead atoms. The number of thiocarbonyl (C=S) groups is 1. The van der Waals surface area contributed by atoms with E-state index >= 15 is 0 Å². The van der Waals surface area contributed by atoms with Crippen molar-refractivity contribution in [3.05, 3.63) is 62.6 Å². The van der Waals surface area contributed by atoms with Crippen molar-refractivity contribution in [1.82, 2.24) is 0 Å². The summed E-state index contributed by atoms with van der Waals surface area (Å²) in [5.41, 5.74) is 1.74. The van der Waals surface area contributed by atoms with Gasteiger partial charge in [-0.3, -0.25) is 9.69 Å². The number of hydrogen-bond acceptors (Lipinski definition) is 4. The summed E-state index contributed by atoms with van der Waals surface area (Å²) in [6, 6.07) is 15.3. The van der Waals surface area contributed by atoms with Crippen LogP contribution in [0, 0.1) is 3.57 Å². The fourth-order valence-corrected chi connectivity index (χ4v) is 3.79. The van der Waals surface area contributed by atoms with E-state index < -0.39 is 0 Å². The second-order valence-electron chi connectivity index (χ2n) is 4.77. The van der Waals surface area contributed by atoms with Gasteiger partial charge in [0.25, 0.3) is 5.91 Å². The third kappa shape index (κ3) is 3.59. The summed E-state index contributed by atoms with van der Waals surface area (Å²) in [5, 5.41) is 0. The van der Waals surface area contributed by atoms with Gasteiger partial charge in [0.2, 0.25) is 0 Å². The molecule has 3 nitrogen and oxygen atoms in total. The Balaban J connectivity index is 1.88. The Labute approximate surface area is 157 Å². The summed E-state index contributed by atoms with van der Waals surface area (Å²) >= 11 is 8.94. The fourth-order valence-electron chi connectivity index (χ4n) is 2.13. The minimum Gasteiger partial charge on any atom is -0.497 e. The molecule has 3 rings (SSSR count). The Morgan fingerprint density at radius 1 is 1.13 bits per heavy atom. The molecule has 0 unspecified atom stereocenters. The molecule has 0 aliphatic carbocycles. The summed E-state index contributed by atoms with van der Waals surface area (Å²) in [6.07, 6.45) is 1.87. The first-order valence-electron chi connectivity index (χ1n) is 6.76. The van der Waals surface area contributed by atoms with E-state index in [0.717, 1.165) is 20.6 Å². The van der Waals surface area contributed by atoms with Gasteiger partial charge >= 0.3 is 0 Å². The van der Waals surface area contributed by atoms with Crippen LogP contribution in [0.2, 0.25) is 0 Å². The largest absolute Gasteiger partial charge is 0.497 e. The fraction of sp³-hybridized carbons (Fsp3) is 0.0588. The summed E-state index contributed by atoms with van der Waals surface area (Å²) in [6.45, 7) is 0. The van der Waals surface area contributed by atoms with E-state index in [2.05, 4.69) is 22.6 Å². The van der Waals surface area contributed by atoms with Crippen LogP contribution in [-0.4, -0.2) is 17.3 Å². The van der Waals surface area contributed by atoms with Crippen molar-refractivity contribution in [3.8, 4) is 5.75 Å². The van der Waals surface area contributed by atoms with Crippen LogP contribution in [0.5, 0.6) is 5.75 Å². The second-order valence-corrected chi connectivity index (χ2v) is 7.69. The zero-order chi connectivity index (χ0) is 16.4. The van der Waals surface area contributed by atoms with Crippen LogP contribution in [0.25, 0.3) is 6.08 Å². The molecule has 0 N–H and O–H groups in total. The molecule has 1 aliphatic heterocycles. The SMILES string of the molecule is COc1ccc(N2C(=O)/C(=C/c3ccc(I)cc3)SC2=S)cc1. The van der Waals surface area contributed by atoms with E-state index in [0.29, 0.717) is 9.23 Å². The highest BCUT2D eigenvalue weighted by Crippen LogP contribution is 2.36. The lowest BCUT2D eigenvalue weighted by atomic mass is 10.2. The zero-order valence-electron chi connectivity index (χ0n) is 12.2. The Morgan fingerprint density at radius 3 is 2.39 bits per heavy atom. The van der Waals surface area contributed by atoms with Gasteiger partial charge in [0.1, 0.15) is 5.75 Å². The molecule has 1 fully saturated rings. The number of hydrogen-bond donors (Lipinski definition) is 0. The predicted octanol–water partition coefficient (Wildman–Crippen LogP) is 4.71. The van der Waals surface area contributed by atoms with Crippen LogP contribution in [0.15, 0.2) is 53.4 Å². The molecule has 0 atom stereocenters. The highest BCUT2D eigenvalue weighted by Gasteiger charge is 2.33. The Bertz CT molecular complexity index is 785. The lowest BCUT2D eigenvalue weighted by Crippen LogP contribution is -2.27. The van der Waals surface area contributed by atoms with Crippen molar-refractivity contribution in [2.75, 3.05) is 12.0 Å². The summed E-state index contributed by atoms with van der Waals surface area (Å²) in [7, 11) is 1.61. The van der Waals surface area contributed by atoms with E-state index in [1.165, 1.54) is 11.8 Å². The average Bonchev–Trinajstić information content (AvgIpc) is 2.84. The smallest absolute Gasteiger partial charge is 0.270 e. The molecule has 0 saturated carbocycles. The number of ether oxygens (including phenoxy) is 1. The van der Waals surface area contributed by atoms with Crippen LogP contribution in [0.1, 0.15) is 5.56 Å². The topological polar surface area (TPSA) is 29.5 Å². The molecule has 0 radical (unpaired) electrons. The van der Waals surface area contributed by atoms with Crippen LogP contribution < -0.4 is 9.64 Å². The maximum absolute atomic E-state index is 12.7. The number of benzene rings is 2. The summed E-state index contributed by atoms with van der Waals surface area (Å²) < 4.78 is 6.84. The first kappa shape index (κ1) is 16.5. The molecule has 1 aliphatic rings. The number of methoxy groups -OCH3 is 1. The molecule has 116 valence electrons. The minimum atomic E-state index is -0.0938. The van der Waals surface area contributed by atoms with Crippen molar-refractivity contribution in [2.24, 2.45) is 0 Å². The van der Waals surface area contributed by atoms with Crippen LogP contribution in [-0.2, 0) is 4.79 Å². The number of nitrogens with zero attached hydrogens (tertiary/aromatic N) is 1. The molecule has 0 spiro atoms. The number of amides is 1.